The Balaban J connectivity index is 1.95. The molecule has 0 unspecified atom stereocenters. The zero-order valence-corrected chi connectivity index (χ0v) is 7.27. The van der Waals surface area contributed by atoms with Crippen molar-refractivity contribution >= 4 is 5.90 Å². The molecule has 2 heterocycles. The minimum Gasteiger partial charge on any atom is -0.479 e. The molecule has 2 rings (SSSR count). The number of furan rings is 1. The maximum Gasteiger partial charge on any atom is 0.185 e. The smallest absolute Gasteiger partial charge is 0.185 e. The SMILES string of the molecule is N[C@H](CC1=NCCO1)c1ccco1. The first-order valence-corrected chi connectivity index (χ1v) is 4.31. The first kappa shape index (κ1) is 8.31. The Morgan fingerprint density at radius 1 is 1.62 bits per heavy atom. The van der Waals surface area contributed by atoms with E-state index in [-0.39, 0.29) is 6.04 Å². The Morgan fingerprint density at radius 2 is 2.54 bits per heavy atom. The fourth-order valence-corrected chi connectivity index (χ4v) is 1.29. The Bertz CT molecular complexity index is 293. The average Bonchev–Trinajstić information content (AvgIpc) is 2.74. The molecule has 13 heavy (non-hydrogen) atoms. The van der Waals surface area contributed by atoms with E-state index in [9.17, 15) is 0 Å². The Morgan fingerprint density at radius 3 is 3.15 bits per heavy atom. The highest BCUT2D eigenvalue weighted by Gasteiger charge is 2.15. The summed E-state index contributed by atoms with van der Waals surface area (Å²) in [5, 5.41) is 0. The number of nitrogens with two attached hydrogens (primary N) is 1. The molecule has 0 fully saturated rings. The van der Waals surface area contributed by atoms with Crippen LogP contribution in [-0.2, 0) is 4.74 Å². The second-order valence-corrected chi connectivity index (χ2v) is 2.95. The summed E-state index contributed by atoms with van der Waals surface area (Å²) in [5.41, 5.74) is 5.86. The Labute approximate surface area is 76.4 Å². The molecule has 4 heteroatoms. The summed E-state index contributed by atoms with van der Waals surface area (Å²) >= 11 is 0. The summed E-state index contributed by atoms with van der Waals surface area (Å²) < 4.78 is 10.4. The fourth-order valence-electron chi connectivity index (χ4n) is 1.29. The van der Waals surface area contributed by atoms with E-state index in [2.05, 4.69) is 4.99 Å². The highest BCUT2D eigenvalue weighted by Crippen LogP contribution is 2.16. The van der Waals surface area contributed by atoms with Crippen molar-refractivity contribution in [3.63, 3.8) is 0 Å². The summed E-state index contributed by atoms with van der Waals surface area (Å²) in [5.74, 6) is 1.52. The molecule has 0 amide bonds. The van der Waals surface area contributed by atoms with Crippen molar-refractivity contribution in [1.29, 1.82) is 0 Å². The maximum absolute atomic E-state index is 5.86. The molecule has 2 N–H and O–H groups in total. The van der Waals surface area contributed by atoms with Gasteiger partial charge >= 0.3 is 0 Å². The van der Waals surface area contributed by atoms with Gasteiger partial charge in [-0.3, -0.25) is 4.99 Å². The van der Waals surface area contributed by atoms with Gasteiger partial charge in [-0.25, -0.2) is 0 Å². The second-order valence-electron chi connectivity index (χ2n) is 2.95. The van der Waals surface area contributed by atoms with Crippen molar-refractivity contribution in [1.82, 2.24) is 0 Å². The van der Waals surface area contributed by atoms with Crippen molar-refractivity contribution in [3.8, 4) is 0 Å². The van der Waals surface area contributed by atoms with Crippen LogP contribution in [0.25, 0.3) is 0 Å². The van der Waals surface area contributed by atoms with E-state index in [0.29, 0.717) is 13.0 Å². The van der Waals surface area contributed by atoms with Crippen LogP contribution in [0.4, 0.5) is 0 Å². The molecule has 4 nitrogen and oxygen atoms in total. The summed E-state index contributed by atoms with van der Waals surface area (Å²) in [6, 6.07) is 3.54. The van der Waals surface area contributed by atoms with E-state index < -0.39 is 0 Å². The van der Waals surface area contributed by atoms with Crippen LogP contribution in [0, 0.1) is 0 Å². The molecular weight excluding hydrogens is 168 g/mol. The summed E-state index contributed by atoms with van der Waals surface area (Å²) in [6.45, 7) is 1.43. The molecule has 0 radical (unpaired) electrons. The fraction of sp³-hybridized carbons (Fsp3) is 0.444. The lowest BCUT2D eigenvalue weighted by atomic mass is 10.2. The summed E-state index contributed by atoms with van der Waals surface area (Å²) in [6.07, 6.45) is 2.24. The third-order valence-corrected chi connectivity index (χ3v) is 1.95. The Hall–Kier alpha value is -1.29. The Kier molecular flexibility index (Phi) is 2.31. The number of rotatable bonds is 3. The van der Waals surface area contributed by atoms with Crippen LogP contribution >= 0.6 is 0 Å². The van der Waals surface area contributed by atoms with Gasteiger partial charge in [-0.2, -0.15) is 0 Å². The van der Waals surface area contributed by atoms with Crippen LogP contribution in [0.1, 0.15) is 18.2 Å². The van der Waals surface area contributed by atoms with Crippen LogP contribution in [0.15, 0.2) is 27.8 Å². The van der Waals surface area contributed by atoms with Gasteiger partial charge < -0.3 is 14.9 Å². The summed E-state index contributed by atoms with van der Waals surface area (Å²) in [7, 11) is 0. The van der Waals surface area contributed by atoms with Crippen LogP contribution in [0.5, 0.6) is 0 Å². The number of aliphatic imine (C=N–C) groups is 1. The molecule has 1 aromatic heterocycles. The molecule has 1 atom stereocenters. The quantitative estimate of drug-likeness (QED) is 0.757. The number of hydrogen-bond donors (Lipinski definition) is 1. The minimum absolute atomic E-state index is 0.146. The molecule has 1 aromatic rings. The van der Waals surface area contributed by atoms with E-state index >= 15 is 0 Å². The van der Waals surface area contributed by atoms with Gasteiger partial charge in [-0.15, -0.1) is 0 Å². The molecular formula is C9H12N2O2. The third kappa shape index (κ3) is 1.89. The molecule has 0 saturated carbocycles. The summed E-state index contributed by atoms with van der Waals surface area (Å²) in [4.78, 5) is 4.16. The predicted molar refractivity (Wildman–Crippen MR) is 48.5 cm³/mol. The van der Waals surface area contributed by atoms with Gasteiger partial charge in [0, 0.05) is 6.42 Å². The molecule has 0 aromatic carbocycles. The largest absolute Gasteiger partial charge is 0.479 e. The minimum atomic E-state index is -0.146. The number of nitrogens with zero attached hydrogens (tertiary/aromatic N) is 1. The molecule has 1 aliphatic rings. The maximum atomic E-state index is 5.86. The zero-order chi connectivity index (χ0) is 9.10. The highest BCUT2D eigenvalue weighted by molar-refractivity contribution is 5.77. The van der Waals surface area contributed by atoms with E-state index in [1.807, 2.05) is 12.1 Å². The first-order valence-electron chi connectivity index (χ1n) is 4.31. The number of hydrogen-bond acceptors (Lipinski definition) is 4. The van der Waals surface area contributed by atoms with Crippen LogP contribution in [-0.4, -0.2) is 19.0 Å². The topological polar surface area (TPSA) is 60.8 Å². The van der Waals surface area contributed by atoms with Crippen LogP contribution in [0.2, 0.25) is 0 Å². The predicted octanol–water partition coefficient (Wildman–Crippen LogP) is 1.10. The molecule has 0 bridgehead atoms. The monoisotopic (exact) mass is 180 g/mol. The standard InChI is InChI=1S/C9H12N2O2/c10-7(8-2-1-4-12-8)6-9-11-3-5-13-9/h1-2,4,7H,3,5-6,10H2/t7-/m1/s1. The van der Waals surface area contributed by atoms with Crippen molar-refractivity contribution < 1.29 is 9.15 Å². The highest BCUT2D eigenvalue weighted by atomic mass is 16.5. The lowest BCUT2D eigenvalue weighted by Gasteiger charge is -2.07. The van der Waals surface area contributed by atoms with E-state index in [1.54, 1.807) is 6.26 Å². The molecule has 0 aliphatic carbocycles. The van der Waals surface area contributed by atoms with Crippen LogP contribution in [0.3, 0.4) is 0 Å². The first-order chi connectivity index (χ1) is 6.36. The molecule has 70 valence electrons. The van der Waals surface area contributed by atoms with Gasteiger partial charge in [-0.05, 0) is 12.1 Å². The van der Waals surface area contributed by atoms with Crippen molar-refractivity contribution in [2.45, 2.75) is 12.5 Å². The van der Waals surface area contributed by atoms with Gasteiger partial charge in [0.2, 0.25) is 0 Å². The lowest BCUT2D eigenvalue weighted by Crippen LogP contribution is -2.14. The normalized spacial score (nSPS) is 18.1. The van der Waals surface area contributed by atoms with Crippen molar-refractivity contribution in [2.24, 2.45) is 10.7 Å². The van der Waals surface area contributed by atoms with Gasteiger partial charge in [0.05, 0.1) is 18.8 Å². The second kappa shape index (κ2) is 3.62. The third-order valence-electron chi connectivity index (χ3n) is 1.95. The van der Waals surface area contributed by atoms with Crippen molar-refractivity contribution in [3.05, 3.63) is 24.2 Å². The molecule has 1 aliphatic heterocycles. The van der Waals surface area contributed by atoms with E-state index in [4.69, 9.17) is 14.9 Å². The van der Waals surface area contributed by atoms with Gasteiger partial charge in [-0.1, -0.05) is 0 Å². The van der Waals surface area contributed by atoms with Crippen molar-refractivity contribution in [2.75, 3.05) is 13.2 Å². The van der Waals surface area contributed by atoms with Crippen LogP contribution < -0.4 is 5.73 Å². The average molecular weight is 180 g/mol. The number of ether oxygens (including phenoxy) is 1. The van der Waals surface area contributed by atoms with Gasteiger partial charge in [0.1, 0.15) is 12.4 Å². The molecule has 0 spiro atoms. The van der Waals surface area contributed by atoms with E-state index in [0.717, 1.165) is 18.2 Å². The molecule has 0 saturated heterocycles. The van der Waals surface area contributed by atoms with Gasteiger partial charge in [0.25, 0.3) is 0 Å². The van der Waals surface area contributed by atoms with Gasteiger partial charge in [0.15, 0.2) is 5.90 Å². The zero-order valence-electron chi connectivity index (χ0n) is 7.27. The van der Waals surface area contributed by atoms with E-state index in [1.165, 1.54) is 0 Å². The lowest BCUT2D eigenvalue weighted by molar-refractivity contribution is 0.331.